The molecule has 16 heteroatoms. The number of hydrogen-bond acceptors (Lipinski definition) is 16. The number of hydrogen-bond donors (Lipinski definition) is 0. The summed E-state index contributed by atoms with van der Waals surface area (Å²) in [6.45, 7) is 30.1. The van der Waals surface area contributed by atoms with E-state index in [1.807, 2.05) is 90.0 Å². The second-order valence-corrected chi connectivity index (χ2v) is 25.3. The van der Waals surface area contributed by atoms with Crippen LogP contribution in [-0.2, 0) is 76.3 Å². The average molecular weight is 1110 g/mol. The van der Waals surface area contributed by atoms with Gasteiger partial charge in [0.05, 0.1) is 34.5 Å². The van der Waals surface area contributed by atoms with Gasteiger partial charge in [-0.1, -0.05) is 54.4 Å². The Morgan fingerprint density at radius 3 is 0.897 bits per heavy atom. The molecule has 0 aromatic heterocycles. The molecule has 0 bridgehead atoms. The first-order valence-corrected chi connectivity index (χ1v) is 29.8. The van der Waals surface area contributed by atoms with Crippen LogP contribution >= 0.6 is 0 Å². The summed E-state index contributed by atoms with van der Waals surface area (Å²) in [5.74, 6) is -2.58. The van der Waals surface area contributed by atoms with E-state index in [0.717, 1.165) is 122 Å². The van der Waals surface area contributed by atoms with Gasteiger partial charge in [0.2, 0.25) is 0 Å². The summed E-state index contributed by atoms with van der Waals surface area (Å²) in [6.07, 6.45) is 23.5. The molecule has 0 heterocycles. The van der Waals surface area contributed by atoms with E-state index in [9.17, 15) is 38.4 Å². The lowest BCUT2D eigenvalue weighted by Gasteiger charge is -2.36. The molecule has 4 saturated carbocycles. The molecule has 78 heavy (non-hydrogen) atoms. The van der Waals surface area contributed by atoms with Gasteiger partial charge in [-0.2, -0.15) is 0 Å². The summed E-state index contributed by atoms with van der Waals surface area (Å²) in [6, 6.07) is 0. The van der Waals surface area contributed by atoms with E-state index in [1.165, 1.54) is 12.8 Å². The van der Waals surface area contributed by atoms with Crippen LogP contribution in [0, 0.1) is 21.7 Å². The van der Waals surface area contributed by atoms with E-state index in [0.29, 0.717) is 19.3 Å². The highest BCUT2D eigenvalue weighted by atomic mass is 16.6. The van der Waals surface area contributed by atoms with Gasteiger partial charge in [0, 0.05) is 0 Å². The Morgan fingerprint density at radius 2 is 0.577 bits per heavy atom. The first-order chi connectivity index (χ1) is 36.3. The molecule has 0 atom stereocenters. The van der Waals surface area contributed by atoms with E-state index in [-0.39, 0.29) is 97.5 Å². The van der Waals surface area contributed by atoms with Crippen molar-refractivity contribution in [2.45, 2.75) is 300 Å². The minimum atomic E-state index is -0.546. The van der Waals surface area contributed by atoms with Crippen LogP contribution < -0.4 is 0 Å². The van der Waals surface area contributed by atoms with Crippen LogP contribution in [0.25, 0.3) is 0 Å². The van der Waals surface area contributed by atoms with Crippen molar-refractivity contribution >= 4 is 47.8 Å². The van der Waals surface area contributed by atoms with Gasteiger partial charge in [0.1, 0.15) is 35.6 Å². The summed E-state index contributed by atoms with van der Waals surface area (Å²) >= 11 is 0. The molecule has 0 N–H and O–H groups in total. The minimum Gasteiger partial charge on any atom is -0.465 e. The first-order valence-electron chi connectivity index (χ1n) is 29.8. The number of carbonyl (C=O) groups excluding carboxylic acids is 8. The maximum Gasteiger partial charge on any atom is 0.344 e. The van der Waals surface area contributed by atoms with Gasteiger partial charge in [-0.05, 0) is 210 Å². The van der Waals surface area contributed by atoms with E-state index in [4.69, 9.17) is 37.9 Å². The second-order valence-electron chi connectivity index (χ2n) is 25.3. The van der Waals surface area contributed by atoms with Gasteiger partial charge >= 0.3 is 47.8 Å². The first kappa shape index (κ1) is 71.8. The quantitative estimate of drug-likeness (QED) is 0.0650. The zero-order valence-corrected chi connectivity index (χ0v) is 51.7. The Kier molecular flexibility index (Phi) is 30.8. The highest BCUT2D eigenvalue weighted by Gasteiger charge is 2.39. The molecule has 0 aliphatic heterocycles. The summed E-state index contributed by atoms with van der Waals surface area (Å²) in [7, 11) is 0. The number of carbonyl (C=O) groups is 8. The largest absolute Gasteiger partial charge is 0.465 e. The van der Waals surface area contributed by atoms with Crippen molar-refractivity contribution in [2.24, 2.45) is 21.7 Å². The van der Waals surface area contributed by atoms with Gasteiger partial charge in [-0.3, -0.25) is 28.8 Å². The minimum absolute atomic E-state index is 0.108. The van der Waals surface area contributed by atoms with E-state index in [2.05, 4.69) is 6.92 Å². The van der Waals surface area contributed by atoms with E-state index < -0.39 is 33.6 Å². The van der Waals surface area contributed by atoms with Gasteiger partial charge in [0.15, 0.2) is 13.2 Å². The van der Waals surface area contributed by atoms with Crippen LogP contribution in [0.2, 0.25) is 0 Å². The third kappa shape index (κ3) is 25.9. The van der Waals surface area contributed by atoms with Crippen molar-refractivity contribution in [3.8, 4) is 0 Å². The molecule has 452 valence electrons. The average Bonchev–Trinajstić information content (AvgIpc) is 4.06. The lowest BCUT2D eigenvalue weighted by Crippen LogP contribution is -2.37. The lowest BCUT2D eigenvalue weighted by atomic mass is 9.83. The molecule has 0 unspecified atom stereocenters. The maximum atomic E-state index is 12.0. The summed E-state index contributed by atoms with van der Waals surface area (Å²) in [5.41, 5.74) is -3.33. The molecule has 0 aromatic rings. The standard InChI is InChI=1S/C17H30O4.C16H28O4.C15H26O4.C14H24O4/c1-5-16(3,4)15(19)20-13-10-14(18)21-17(6-2)11-8-7-9-12-17;1-5-15(2,3)14(18)19-12-9-13(17)20-16(4)10-7-6-8-11-16;1-5-14(3,4)13(17)18-11-12(16)19-15(6-2)9-7-8-10-15;1-5-13(2,3)12(16)17-10-11(15)18-14(4)8-6-7-9-14/h5-13H2,1-4H3;5-12H2,1-4H3;5-11H2,1-4H3;5-10H2,1-4H3. The van der Waals surface area contributed by atoms with Crippen LogP contribution in [-0.4, -0.2) is 96.6 Å². The number of ether oxygens (including phenoxy) is 8. The van der Waals surface area contributed by atoms with Crippen LogP contribution in [0.4, 0.5) is 0 Å². The Labute approximate surface area is 470 Å². The smallest absolute Gasteiger partial charge is 0.344 e. The molecule has 0 spiro atoms. The monoisotopic (exact) mass is 1110 g/mol. The molecule has 0 amide bonds. The fraction of sp³-hybridized carbons (Fsp3) is 0.871. The van der Waals surface area contributed by atoms with Crippen molar-refractivity contribution in [1.82, 2.24) is 0 Å². The molecule has 4 fully saturated rings. The van der Waals surface area contributed by atoms with Crippen LogP contribution in [0.5, 0.6) is 0 Å². The van der Waals surface area contributed by atoms with Gasteiger partial charge < -0.3 is 37.9 Å². The van der Waals surface area contributed by atoms with E-state index >= 15 is 0 Å². The summed E-state index contributed by atoms with van der Waals surface area (Å²) in [4.78, 5) is 94.2. The molecule has 4 aliphatic carbocycles. The van der Waals surface area contributed by atoms with Crippen LogP contribution in [0.15, 0.2) is 0 Å². The number of esters is 8. The predicted octanol–water partition coefficient (Wildman–Crippen LogP) is 13.7. The molecule has 0 radical (unpaired) electrons. The molecule has 0 aromatic carbocycles. The third-order valence-corrected chi connectivity index (χ3v) is 17.0. The van der Waals surface area contributed by atoms with Gasteiger partial charge in [-0.25, -0.2) is 9.59 Å². The zero-order chi connectivity index (χ0) is 59.5. The molecule has 4 rings (SSSR count). The third-order valence-electron chi connectivity index (χ3n) is 17.0. The Bertz CT molecular complexity index is 1870. The van der Waals surface area contributed by atoms with Crippen molar-refractivity contribution < 1.29 is 76.3 Å². The second kappa shape index (κ2) is 33.5. The van der Waals surface area contributed by atoms with Crippen molar-refractivity contribution in [3.63, 3.8) is 0 Å². The molecule has 0 saturated heterocycles. The Balaban J connectivity index is 0.000000521. The lowest BCUT2D eigenvalue weighted by molar-refractivity contribution is -0.173. The SMILES string of the molecule is CCC(C)(C)C(=O)OCC(=O)OC1(C)CCCC1.CCC(C)(C)C(=O)OCCC(=O)OC1(C)CCCCC1.CCC1(OC(=O)CCOC(=O)C(C)(C)CC)CCCCC1.CCC1(OC(=O)COC(=O)C(C)(C)CC)CCCC1. The van der Waals surface area contributed by atoms with Crippen molar-refractivity contribution in [1.29, 1.82) is 0 Å². The molecular formula is C62H108O16. The summed E-state index contributed by atoms with van der Waals surface area (Å²) < 4.78 is 42.5. The van der Waals surface area contributed by atoms with Crippen LogP contribution in [0.1, 0.15) is 278 Å². The topological polar surface area (TPSA) is 210 Å². The fourth-order valence-corrected chi connectivity index (χ4v) is 9.15. The van der Waals surface area contributed by atoms with E-state index in [1.54, 1.807) is 13.8 Å². The van der Waals surface area contributed by atoms with Gasteiger partial charge in [0.25, 0.3) is 0 Å². The maximum absolute atomic E-state index is 12.0. The Morgan fingerprint density at radius 1 is 0.333 bits per heavy atom. The molecule has 4 aliphatic rings. The van der Waals surface area contributed by atoms with Crippen molar-refractivity contribution in [3.05, 3.63) is 0 Å². The number of rotatable bonds is 24. The highest BCUT2D eigenvalue weighted by molar-refractivity contribution is 5.81. The molecular weight excluding hydrogens is 1000 g/mol. The Hall–Kier alpha value is -4.24. The highest BCUT2D eigenvalue weighted by Crippen LogP contribution is 2.38. The van der Waals surface area contributed by atoms with Gasteiger partial charge in [-0.15, -0.1) is 0 Å². The van der Waals surface area contributed by atoms with Crippen molar-refractivity contribution in [2.75, 3.05) is 26.4 Å². The fourth-order valence-electron chi connectivity index (χ4n) is 9.15. The zero-order valence-electron chi connectivity index (χ0n) is 51.7. The summed E-state index contributed by atoms with van der Waals surface area (Å²) in [5, 5.41) is 0. The normalized spacial score (nSPS) is 18.3. The predicted molar refractivity (Wildman–Crippen MR) is 300 cm³/mol. The molecule has 16 nitrogen and oxygen atoms in total. The van der Waals surface area contributed by atoms with Crippen LogP contribution in [0.3, 0.4) is 0 Å².